The van der Waals surface area contributed by atoms with E-state index in [-0.39, 0.29) is 11.8 Å². The second-order valence-electron chi connectivity index (χ2n) is 8.32. The van der Waals surface area contributed by atoms with Gasteiger partial charge in [0.05, 0.1) is 29.2 Å². The van der Waals surface area contributed by atoms with Crippen LogP contribution in [0.5, 0.6) is 11.5 Å². The number of hydrazine groups is 1. The molecule has 0 aromatic heterocycles. The number of nitrogens with zero attached hydrogens (tertiary/aromatic N) is 4. The molecule has 1 heterocycles. The number of nitriles is 1. The molecule has 35 heavy (non-hydrogen) atoms. The highest BCUT2D eigenvalue weighted by molar-refractivity contribution is 6.42. The average Bonchev–Trinajstić information content (AvgIpc) is 3.17. The smallest absolute Gasteiger partial charge is 0.387 e. The predicted molar refractivity (Wildman–Crippen MR) is 133 cm³/mol. The molecule has 190 valence electrons. The Bertz CT molecular complexity index is 1040. The van der Waals surface area contributed by atoms with E-state index >= 15 is 0 Å². The minimum atomic E-state index is -2.97. The molecule has 0 saturated carbocycles. The highest BCUT2D eigenvalue weighted by Gasteiger charge is 2.42. The summed E-state index contributed by atoms with van der Waals surface area (Å²) < 4.78 is 36.5. The molecule has 1 N–H and O–H groups in total. The summed E-state index contributed by atoms with van der Waals surface area (Å²) in [4.78, 5) is 2.05. The van der Waals surface area contributed by atoms with Crippen LogP contribution in [0, 0.1) is 11.5 Å². The van der Waals surface area contributed by atoms with Crippen molar-refractivity contribution in [3.05, 3.63) is 52.0 Å². The average molecular weight is 528 g/mol. The first kappa shape index (κ1) is 27.1. The third-order valence-corrected chi connectivity index (χ3v) is 6.31. The topological polar surface area (TPSA) is 64.0 Å². The minimum absolute atomic E-state index is 0.0217. The summed E-state index contributed by atoms with van der Waals surface area (Å²) in [6.45, 7) is 1.31. The number of benzene rings is 2. The van der Waals surface area contributed by atoms with Crippen molar-refractivity contribution < 1.29 is 18.3 Å². The zero-order valence-corrected chi connectivity index (χ0v) is 21.4. The Hall–Kier alpha value is -2.51. The lowest BCUT2D eigenvalue weighted by Gasteiger charge is -2.30. The lowest BCUT2D eigenvalue weighted by atomic mass is 10.0. The molecular formula is C24H29Cl2F2N5O2. The molecule has 3 rings (SSSR count). The molecule has 0 radical (unpaired) electrons. The van der Waals surface area contributed by atoms with Gasteiger partial charge in [-0.3, -0.25) is 5.01 Å². The summed E-state index contributed by atoms with van der Waals surface area (Å²) in [7, 11) is 3.95. The van der Waals surface area contributed by atoms with Crippen molar-refractivity contribution in [1.29, 1.82) is 5.26 Å². The molecule has 7 nitrogen and oxygen atoms in total. The number of likely N-dealkylation sites (N-methyl/N-ethyl adjacent to an activating group) is 1. The van der Waals surface area contributed by atoms with Crippen molar-refractivity contribution in [2.75, 3.05) is 45.3 Å². The molecule has 2 unspecified atom stereocenters. The second kappa shape index (κ2) is 12.5. The monoisotopic (exact) mass is 527 g/mol. The van der Waals surface area contributed by atoms with Crippen molar-refractivity contribution in [2.24, 2.45) is 0 Å². The van der Waals surface area contributed by atoms with Crippen LogP contribution in [0.4, 0.5) is 14.5 Å². The van der Waals surface area contributed by atoms with Crippen LogP contribution in [-0.4, -0.2) is 62.9 Å². The van der Waals surface area contributed by atoms with E-state index in [1.54, 1.807) is 23.2 Å². The molecule has 1 fully saturated rings. The van der Waals surface area contributed by atoms with E-state index in [9.17, 15) is 14.0 Å². The van der Waals surface area contributed by atoms with Gasteiger partial charge >= 0.3 is 6.61 Å². The van der Waals surface area contributed by atoms with Gasteiger partial charge < -0.3 is 19.7 Å². The summed E-state index contributed by atoms with van der Waals surface area (Å²) in [5.74, 6) is 0.446. The maximum atomic E-state index is 12.9. The van der Waals surface area contributed by atoms with Gasteiger partial charge in [0.25, 0.3) is 0 Å². The van der Waals surface area contributed by atoms with Crippen LogP contribution < -0.4 is 19.8 Å². The first-order valence-corrected chi connectivity index (χ1v) is 12.0. The molecular weight excluding hydrogens is 499 g/mol. The van der Waals surface area contributed by atoms with Crippen molar-refractivity contribution in [3.8, 4) is 17.7 Å². The molecule has 11 heteroatoms. The summed E-state index contributed by atoms with van der Waals surface area (Å²) >= 11 is 12.4. The second-order valence-corrected chi connectivity index (χ2v) is 9.14. The normalized spacial score (nSPS) is 17.8. The van der Waals surface area contributed by atoms with Crippen molar-refractivity contribution in [3.63, 3.8) is 0 Å². The molecule has 1 aliphatic heterocycles. The largest absolute Gasteiger partial charge is 0.491 e. The molecule has 1 aliphatic rings. The van der Waals surface area contributed by atoms with Gasteiger partial charge in [-0.1, -0.05) is 36.2 Å². The van der Waals surface area contributed by atoms with Gasteiger partial charge in [0.2, 0.25) is 6.19 Å². The third kappa shape index (κ3) is 6.79. The van der Waals surface area contributed by atoms with Crippen LogP contribution in [0.25, 0.3) is 0 Å². The van der Waals surface area contributed by atoms with Gasteiger partial charge in [0.1, 0.15) is 23.2 Å². The molecule has 0 bridgehead atoms. The first-order chi connectivity index (χ1) is 16.7. The minimum Gasteiger partial charge on any atom is -0.491 e. The van der Waals surface area contributed by atoms with E-state index in [0.717, 1.165) is 18.5 Å². The van der Waals surface area contributed by atoms with Crippen LogP contribution >= 0.6 is 23.2 Å². The maximum Gasteiger partial charge on any atom is 0.387 e. The van der Waals surface area contributed by atoms with Gasteiger partial charge in [-0.25, -0.2) is 5.01 Å². The quantitative estimate of drug-likeness (QED) is 0.319. The fourth-order valence-electron chi connectivity index (χ4n) is 4.09. The summed E-state index contributed by atoms with van der Waals surface area (Å²) in [5, 5.41) is 17.6. The number of alkyl halides is 2. The molecule has 0 spiro atoms. The summed E-state index contributed by atoms with van der Waals surface area (Å²) in [6.07, 6.45) is 3.02. The lowest BCUT2D eigenvalue weighted by molar-refractivity contribution is -0.0498. The number of halogens is 4. The SMILES string of the molecule is CCNC1CN(c2cc(OC(F)F)ccc2OCCCN(C)C)N(C#N)C1c1ccc(Cl)c(Cl)c1. The van der Waals surface area contributed by atoms with Gasteiger partial charge in [-0.15, -0.1) is 0 Å². The van der Waals surface area contributed by atoms with Gasteiger partial charge in [0, 0.05) is 12.6 Å². The molecule has 2 aromatic rings. The number of anilines is 1. The third-order valence-electron chi connectivity index (χ3n) is 5.57. The van der Waals surface area contributed by atoms with Crippen molar-refractivity contribution in [1.82, 2.24) is 15.2 Å². The maximum absolute atomic E-state index is 12.9. The lowest BCUT2D eigenvalue weighted by Crippen LogP contribution is -2.36. The highest BCUT2D eigenvalue weighted by Crippen LogP contribution is 2.42. The zero-order chi connectivity index (χ0) is 25.5. The van der Waals surface area contributed by atoms with Crippen LogP contribution in [0.2, 0.25) is 10.0 Å². The molecule has 2 aromatic carbocycles. The number of hydrogen-bond acceptors (Lipinski definition) is 7. The zero-order valence-electron chi connectivity index (χ0n) is 19.8. The first-order valence-electron chi connectivity index (χ1n) is 11.3. The Morgan fingerprint density at radius 3 is 2.60 bits per heavy atom. The van der Waals surface area contributed by atoms with Crippen LogP contribution in [0.3, 0.4) is 0 Å². The predicted octanol–water partition coefficient (Wildman–Crippen LogP) is 5.16. The van der Waals surface area contributed by atoms with Gasteiger partial charge in [0.15, 0.2) is 0 Å². The highest BCUT2D eigenvalue weighted by atomic mass is 35.5. The fourth-order valence-corrected chi connectivity index (χ4v) is 4.40. The van der Waals surface area contributed by atoms with E-state index in [2.05, 4.69) is 16.2 Å². The number of hydrogen-bond donors (Lipinski definition) is 1. The molecule has 0 amide bonds. The summed E-state index contributed by atoms with van der Waals surface area (Å²) in [6, 6.07) is 9.17. The van der Waals surface area contributed by atoms with Crippen LogP contribution in [0.15, 0.2) is 36.4 Å². The number of rotatable bonds is 11. The van der Waals surface area contributed by atoms with Gasteiger partial charge in [-0.05, 0) is 56.9 Å². The van der Waals surface area contributed by atoms with Crippen LogP contribution in [0.1, 0.15) is 24.9 Å². The standard InChI is InChI=1S/C24H29Cl2F2N5O2/c1-4-30-20-14-32(33(15-29)23(20)16-6-8-18(25)19(26)12-16)21-13-17(35-24(27)28)7-9-22(21)34-11-5-10-31(2)3/h6-9,12-13,20,23-24,30H,4-5,10-11,14H2,1-3H3. The Labute approximate surface area is 214 Å². The van der Waals surface area contributed by atoms with E-state index < -0.39 is 12.7 Å². The van der Waals surface area contributed by atoms with E-state index in [1.165, 1.54) is 17.1 Å². The van der Waals surface area contributed by atoms with E-state index in [1.807, 2.05) is 32.0 Å². The fraction of sp³-hybridized carbons (Fsp3) is 0.458. The van der Waals surface area contributed by atoms with Gasteiger partial charge in [-0.2, -0.15) is 14.0 Å². The van der Waals surface area contributed by atoms with Crippen LogP contribution in [-0.2, 0) is 0 Å². The molecule has 1 saturated heterocycles. The Morgan fingerprint density at radius 1 is 1.20 bits per heavy atom. The van der Waals surface area contributed by atoms with E-state index in [0.29, 0.717) is 41.2 Å². The summed E-state index contributed by atoms with van der Waals surface area (Å²) in [5.41, 5.74) is 1.25. The molecule has 0 aliphatic carbocycles. The Morgan fingerprint density at radius 2 is 1.97 bits per heavy atom. The van der Waals surface area contributed by atoms with E-state index in [4.69, 9.17) is 27.9 Å². The van der Waals surface area contributed by atoms with Crippen molar-refractivity contribution >= 4 is 28.9 Å². The number of ether oxygens (including phenoxy) is 2. The molecule has 2 atom stereocenters. The van der Waals surface area contributed by atoms with Crippen molar-refractivity contribution in [2.45, 2.75) is 32.0 Å². The Balaban J connectivity index is 1.99. The Kier molecular flexibility index (Phi) is 9.63. The number of nitrogens with one attached hydrogen (secondary N) is 1.